The lowest BCUT2D eigenvalue weighted by Gasteiger charge is -2.22. The summed E-state index contributed by atoms with van der Waals surface area (Å²) >= 11 is 5.82. The van der Waals surface area contributed by atoms with E-state index in [9.17, 15) is 0 Å². The van der Waals surface area contributed by atoms with Crippen molar-refractivity contribution < 1.29 is 0 Å². The number of hydrogen-bond acceptors (Lipinski definition) is 1. The minimum atomic E-state index is 0.489. The highest BCUT2D eigenvalue weighted by Gasteiger charge is 2.17. The average molecular weight is 171 g/mol. The molecule has 11 heavy (non-hydrogen) atoms. The molecule has 0 radical (unpaired) electrons. The molecule has 1 atom stereocenters. The first kappa shape index (κ1) is 7.17. The molecule has 0 saturated carbocycles. The maximum absolute atomic E-state index is 5.82. The van der Waals surface area contributed by atoms with E-state index < -0.39 is 0 Å². The Labute approximate surface area is 71.2 Å². The third-order valence-electron chi connectivity index (χ3n) is 2.26. The Kier molecular flexibility index (Phi) is 1.86. The maximum atomic E-state index is 5.82. The average Bonchev–Trinajstić information content (AvgIpc) is 2.50. The molecule has 3 heteroatoms. The van der Waals surface area contributed by atoms with Crippen molar-refractivity contribution in [1.29, 1.82) is 0 Å². The van der Waals surface area contributed by atoms with Crippen LogP contribution in [0.15, 0.2) is 12.4 Å². The van der Waals surface area contributed by atoms with E-state index >= 15 is 0 Å². The lowest BCUT2D eigenvalue weighted by molar-refractivity contribution is 0.430. The third kappa shape index (κ3) is 1.16. The van der Waals surface area contributed by atoms with Crippen LogP contribution in [0.1, 0.15) is 24.7 Å². The van der Waals surface area contributed by atoms with E-state index in [4.69, 9.17) is 11.6 Å². The van der Waals surface area contributed by atoms with E-state index in [1.54, 1.807) is 0 Å². The summed E-state index contributed by atoms with van der Waals surface area (Å²) in [6.07, 6.45) is 7.43. The van der Waals surface area contributed by atoms with Crippen molar-refractivity contribution in [2.24, 2.45) is 0 Å². The van der Waals surface area contributed by atoms with Crippen molar-refractivity contribution >= 4 is 11.6 Å². The predicted octanol–water partition coefficient (Wildman–Crippen LogP) is 2.00. The second-order valence-corrected chi connectivity index (χ2v) is 3.26. The highest BCUT2D eigenvalue weighted by Crippen LogP contribution is 2.24. The van der Waals surface area contributed by atoms with Gasteiger partial charge in [-0.15, -0.1) is 11.6 Å². The molecule has 1 unspecified atom stereocenters. The number of alkyl halides is 1. The van der Waals surface area contributed by atoms with Crippen LogP contribution < -0.4 is 0 Å². The van der Waals surface area contributed by atoms with Crippen LogP contribution >= 0.6 is 11.6 Å². The number of rotatable bonds is 1. The fourth-order valence-corrected chi connectivity index (χ4v) is 1.96. The molecule has 1 aromatic heterocycles. The van der Waals surface area contributed by atoms with Crippen molar-refractivity contribution in [2.45, 2.75) is 25.3 Å². The van der Waals surface area contributed by atoms with Crippen LogP contribution in [0, 0.1) is 0 Å². The van der Waals surface area contributed by atoms with Gasteiger partial charge in [-0.1, -0.05) is 0 Å². The Bertz CT molecular complexity index is 244. The van der Waals surface area contributed by atoms with Crippen LogP contribution in [0.25, 0.3) is 0 Å². The molecule has 1 aliphatic heterocycles. The molecule has 0 aromatic carbocycles. The fraction of sp³-hybridized carbons (Fsp3) is 0.625. The molecule has 0 bridgehead atoms. The van der Waals surface area contributed by atoms with E-state index in [0.717, 1.165) is 6.42 Å². The van der Waals surface area contributed by atoms with Crippen LogP contribution in [0.3, 0.4) is 0 Å². The number of aryl methyl sites for hydroxylation is 1. The Morgan fingerprint density at radius 1 is 1.73 bits per heavy atom. The molecular weight excluding hydrogens is 160 g/mol. The van der Waals surface area contributed by atoms with Gasteiger partial charge in [-0.05, 0) is 12.8 Å². The quantitative estimate of drug-likeness (QED) is 0.590. The molecule has 0 aliphatic carbocycles. The van der Waals surface area contributed by atoms with Gasteiger partial charge in [0.25, 0.3) is 0 Å². The maximum Gasteiger partial charge on any atom is 0.108 e. The van der Waals surface area contributed by atoms with Crippen molar-refractivity contribution in [2.75, 3.05) is 5.88 Å². The molecule has 1 aliphatic rings. The number of imidazole rings is 1. The van der Waals surface area contributed by atoms with Gasteiger partial charge in [-0.25, -0.2) is 4.98 Å². The highest BCUT2D eigenvalue weighted by atomic mass is 35.5. The zero-order valence-electron chi connectivity index (χ0n) is 6.33. The molecular formula is C8H11ClN2. The molecule has 2 heterocycles. The fourth-order valence-electron chi connectivity index (χ4n) is 1.66. The van der Waals surface area contributed by atoms with Gasteiger partial charge in [0.15, 0.2) is 0 Å². The smallest absolute Gasteiger partial charge is 0.108 e. The van der Waals surface area contributed by atoms with Gasteiger partial charge in [0, 0.05) is 30.7 Å². The largest absolute Gasteiger partial charge is 0.331 e. The topological polar surface area (TPSA) is 17.8 Å². The summed E-state index contributed by atoms with van der Waals surface area (Å²) in [4.78, 5) is 4.26. The van der Waals surface area contributed by atoms with Crippen molar-refractivity contribution in [3.63, 3.8) is 0 Å². The molecule has 0 spiro atoms. The standard InChI is InChI=1S/C8H11ClN2/c9-6-7-2-1-3-8-10-4-5-11(7)8/h4-5,7H,1-3,6H2. The number of halogens is 1. The van der Waals surface area contributed by atoms with Crippen LogP contribution in [0.2, 0.25) is 0 Å². The normalized spacial score (nSPS) is 23.2. The Morgan fingerprint density at radius 3 is 3.45 bits per heavy atom. The third-order valence-corrected chi connectivity index (χ3v) is 2.61. The molecule has 0 saturated heterocycles. The number of aromatic nitrogens is 2. The second kappa shape index (κ2) is 2.86. The van der Waals surface area contributed by atoms with Gasteiger partial charge in [-0.3, -0.25) is 0 Å². The number of nitrogens with zero attached hydrogens (tertiary/aromatic N) is 2. The number of fused-ring (bicyclic) bond motifs is 1. The van der Waals surface area contributed by atoms with Gasteiger partial charge in [-0.2, -0.15) is 0 Å². The molecule has 2 nitrogen and oxygen atoms in total. The molecule has 0 fully saturated rings. The van der Waals surface area contributed by atoms with E-state index in [2.05, 4.69) is 9.55 Å². The monoisotopic (exact) mass is 170 g/mol. The zero-order valence-corrected chi connectivity index (χ0v) is 7.09. The van der Waals surface area contributed by atoms with Gasteiger partial charge in [0.05, 0.1) is 0 Å². The Morgan fingerprint density at radius 2 is 2.64 bits per heavy atom. The van der Waals surface area contributed by atoms with Crippen LogP contribution in [0.4, 0.5) is 0 Å². The van der Waals surface area contributed by atoms with Gasteiger partial charge in [0.1, 0.15) is 5.82 Å². The Hall–Kier alpha value is -0.500. The molecule has 0 amide bonds. The van der Waals surface area contributed by atoms with Gasteiger partial charge < -0.3 is 4.57 Å². The van der Waals surface area contributed by atoms with Gasteiger partial charge in [0.2, 0.25) is 0 Å². The summed E-state index contributed by atoms with van der Waals surface area (Å²) in [5.74, 6) is 1.91. The van der Waals surface area contributed by atoms with Gasteiger partial charge >= 0.3 is 0 Å². The van der Waals surface area contributed by atoms with Crippen molar-refractivity contribution in [3.05, 3.63) is 18.2 Å². The zero-order chi connectivity index (χ0) is 7.68. The second-order valence-electron chi connectivity index (χ2n) is 2.95. The van der Waals surface area contributed by atoms with Crippen LogP contribution in [0.5, 0.6) is 0 Å². The lowest BCUT2D eigenvalue weighted by Crippen LogP contribution is -2.18. The lowest BCUT2D eigenvalue weighted by atomic mass is 10.1. The van der Waals surface area contributed by atoms with Crippen molar-refractivity contribution in [1.82, 2.24) is 9.55 Å². The first-order valence-electron chi connectivity index (χ1n) is 3.99. The van der Waals surface area contributed by atoms with E-state index in [-0.39, 0.29) is 0 Å². The summed E-state index contributed by atoms with van der Waals surface area (Å²) in [5.41, 5.74) is 0. The molecule has 60 valence electrons. The minimum absolute atomic E-state index is 0.489. The summed E-state index contributed by atoms with van der Waals surface area (Å²) in [7, 11) is 0. The van der Waals surface area contributed by atoms with E-state index in [1.165, 1.54) is 18.7 Å². The molecule has 0 N–H and O–H groups in total. The summed E-state index contributed by atoms with van der Waals surface area (Å²) in [6, 6.07) is 0.489. The van der Waals surface area contributed by atoms with E-state index in [1.807, 2.05) is 12.4 Å². The SMILES string of the molecule is ClCC1CCCc2nccn21. The predicted molar refractivity (Wildman–Crippen MR) is 44.9 cm³/mol. The van der Waals surface area contributed by atoms with Crippen molar-refractivity contribution in [3.8, 4) is 0 Å². The first-order chi connectivity index (χ1) is 5.42. The molecule has 1 aromatic rings. The molecule has 2 rings (SSSR count). The number of hydrogen-bond donors (Lipinski definition) is 0. The minimum Gasteiger partial charge on any atom is -0.331 e. The summed E-state index contributed by atoms with van der Waals surface area (Å²) in [5, 5.41) is 0. The van der Waals surface area contributed by atoms with Crippen LogP contribution in [-0.2, 0) is 6.42 Å². The first-order valence-corrected chi connectivity index (χ1v) is 4.53. The van der Waals surface area contributed by atoms with Crippen LogP contribution in [-0.4, -0.2) is 15.4 Å². The van der Waals surface area contributed by atoms with E-state index in [0.29, 0.717) is 11.9 Å². The summed E-state index contributed by atoms with van der Waals surface area (Å²) in [6.45, 7) is 0. The summed E-state index contributed by atoms with van der Waals surface area (Å²) < 4.78 is 2.20. The Balaban J connectivity index is 2.32. The highest BCUT2D eigenvalue weighted by molar-refractivity contribution is 6.18.